The van der Waals surface area contributed by atoms with Crippen molar-refractivity contribution in [2.24, 2.45) is 5.41 Å². The van der Waals surface area contributed by atoms with E-state index in [4.69, 9.17) is 9.47 Å². The van der Waals surface area contributed by atoms with E-state index in [-0.39, 0.29) is 29.3 Å². The minimum absolute atomic E-state index is 0.136. The summed E-state index contributed by atoms with van der Waals surface area (Å²) >= 11 is 0. The van der Waals surface area contributed by atoms with Gasteiger partial charge in [-0.05, 0) is 71.7 Å². The molecule has 2 fully saturated rings. The van der Waals surface area contributed by atoms with E-state index in [1.54, 1.807) is 58.9 Å². The van der Waals surface area contributed by atoms with Gasteiger partial charge in [-0.3, -0.25) is 4.79 Å². The van der Waals surface area contributed by atoms with Gasteiger partial charge >= 0.3 is 12.1 Å². The molecule has 0 unspecified atom stereocenters. The van der Waals surface area contributed by atoms with Crippen LogP contribution in [0.5, 0.6) is 0 Å². The van der Waals surface area contributed by atoms with Crippen LogP contribution in [-0.4, -0.2) is 68.8 Å². The second kappa shape index (κ2) is 10.8. The average Bonchev–Trinajstić information content (AvgIpc) is 3.16. The van der Waals surface area contributed by atoms with Crippen LogP contribution in [0.25, 0.3) is 0 Å². The number of nitrogens with zero attached hydrogens (tertiary/aromatic N) is 2. The number of benzene rings is 2. The van der Waals surface area contributed by atoms with Gasteiger partial charge in [-0.25, -0.2) is 21.6 Å². The first-order chi connectivity index (χ1) is 18.5. The molecule has 4 rings (SSSR count). The van der Waals surface area contributed by atoms with Gasteiger partial charge in [0.05, 0.1) is 21.8 Å². The molecule has 1 amide bonds. The molecule has 0 saturated carbocycles. The number of hydrogen-bond donors (Lipinski definition) is 0. The molecule has 2 saturated heterocycles. The number of rotatable bonds is 6. The number of likely N-dealkylation sites (tertiary alicyclic amines) is 1. The van der Waals surface area contributed by atoms with Crippen molar-refractivity contribution in [3.05, 3.63) is 59.7 Å². The van der Waals surface area contributed by atoms with Crippen molar-refractivity contribution in [3.8, 4) is 0 Å². The van der Waals surface area contributed by atoms with Gasteiger partial charge in [-0.2, -0.15) is 0 Å². The van der Waals surface area contributed by atoms with Gasteiger partial charge in [-0.1, -0.05) is 39.1 Å². The summed E-state index contributed by atoms with van der Waals surface area (Å²) in [6.45, 7) is 8.89. The lowest BCUT2D eigenvalue weighted by Gasteiger charge is -2.37. The molecule has 2 aliphatic rings. The third-order valence-corrected chi connectivity index (χ3v) is 11.5. The van der Waals surface area contributed by atoms with Crippen LogP contribution in [-0.2, 0) is 34.3 Å². The Balaban J connectivity index is 1.59. The summed E-state index contributed by atoms with van der Waals surface area (Å²) in [5.74, 6) is -0.512. The van der Waals surface area contributed by atoms with Crippen LogP contribution < -0.4 is 0 Å². The number of hydrogen-bond acceptors (Lipinski definition) is 8. The van der Waals surface area contributed by atoms with Crippen molar-refractivity contribution in [3.63, 3.8) is 0 Å². The highest BCUT2D eigenvalue weighted by Gasteiger charge is 2.53. The van der Waals surface area contributed by atoms with Gasteiger partial charge in [-0.15, -0.1) is 0 Å². The summed E-state index contributed by atoms with van der Waals surface area (Å²) in [4.78, 5) is 26.7. The molecule has 0 aromatic heterocycles. The number of esters is 1. The molecule has 0 radical (unpaired) electrons. The Bertz CT molecular complexity index is 1390. The summed E-state index contributed by atoms with van der Waals surface area (Å²) in [6.07, 6.45) is -0.712. The molecule has 1 atom stereocenters. The first kappa shape index (κ1) is 30.0. The molecular weight excluding hydrogens is 556 g/mol. The number of amides is 1. The number of aryl methyl sites for hydroxylation is 2. The van der Waals surface area contributed by atoms with Crippen molar-refractivity contribution in [1.29, 1.82) is 0 Å². The molecule has 218 valence electrons. The van der Waals surface area contributed by atoms with Gasteiger partial charge in [0.25, 0.3) is 20.0 Å². The quantitative estimate of drug-likeness (QED) is 0.461. The number of sulfonamides is 2. The summed E-state index contributed by atoms with van der Waals surface area (Å²) < 4.78 is 66.5. The molecule has 12 heteroatoms. The third-order valence-electron chi connectivity index (χ3n) is 7.22. The first-order valence-corrected chi connectivity index (χ1v) is 16.0. The molecule has 0 bridgehead atoms. The molecule has 10 nitrogen and oxygen atoms in total. The van der Waals surface area contributed by atoms with Crippen LogP contribution in [0.15, 0.2) is 58.3 Å². The summed E-state index contributed by atoms with van der Waals surface area (Å²) in [5.41, 5.74) is 0.0437. The number of cyclic esters (lactones) is 1. The Morgan fingerprint density at radius 3 is 1.80 bits per heavy atom. The highest BCUT2D eigenvalue weighted by molar-refractivity contribution is 8.04. The van der Waals surface area contributed by atoms with E-state index in [0.29, 0.717) is 16.6 Å². The van der Waals surface area contributed by atoms with Gasteiger partial charge in [0.1, 0.15) is 11.7 Å². The second-order valence-electron chi connectivity index (χ2n) is 11.6. The zero-order valence-electron chi connectivity index (χ0n) is 23.4. The van der Waals surface area contributed by atoms with Crippen molar-refractivity contribution in [2.75, 3.05) is 19.6 Å². The monoisotopic (exact) mass is 592 g/mol. The third kappa shape index (κ3) is 6.18. The van der Waals surface area contributed by atoms with Crippen molar-refractivity contribution >= 4 is 32.1 Å². The lowest BCUT2D eigenvalue weighted by Crippen LogP contribution is -2.46. The van der Waals surface area contributed by atoms with Gasteiger partial charge in [0.2, 0.25) is 0 Å². The smallest absolute Gasteiger partial charge is 0.410 e. The minimum Gasteiger partial charge on any atom is -0.460 e. The first-order valence-electron chi connectivity index (χ1n) is 13.1. The van der Waals surface area contributed by atoms with E-state index in [0.717, 1.165) is 11.1 Å². The summed E-state index contributed by atoms with van der Waals surface area (Å²) in [7, 11) is -9.07. The fourth-order valence-electron chi connectivity index (χ4n) is 4.94. The number of carbonyl (C=O) groups is 2. The van der Waals surface area contributed by atoms with E-state index >= 15 is 0 Å². The average molecular weight is 593 g/mol. The predicted molar refractivity (Wildman–Crippen MR) is 147 cm³/mol. The van der Waals surface area contributed by atoms with Crippen molar-refractivity contribution in [1.82, 2.24) is 8.61 Å². The van der Waals surface area contributed by atoms with Crippen molar-refractivity contribution in [2.45, 2.75) is 75.4 Å². The van der Waals surface area contributed by atoms with Crippen LogP contribution >= 0.6 is 0 Å². The Kier molecular flexibility index (Phi) is 8.09. The Morgan fingerprint density at radius 2 is 1.38 bits per heavy atom. The van der Waals surface area contributed by atoms with E-state index in [1.807, 2.05) is 0 Å². The summed E-state index contributed by atoms with van der Waals surface area (Å²) in [5, 5.41) is 0. The van der Waals surface area contributed by atoms with E-state index < -0.39 is 55.8 Å². The van der Waals surface area contributed by atoms with Crippen molar-refractivity contribution < 1.29 is 35.9 Å². The standard InChI is InChI=1S/C28H36N2O8S2/c1-20-6-10-23(11-7-20)39(33,34)30(40(35,36)24-12-8-21(2)9-13-24)19-22-18-28(25(31)37-22)14-16-29(17-15-28)26(32)38-27(3,4)5/h6-13,22H,14-19H2,1-5H3/t22-/m0/s1. The molecule has 0 aliphatic carbocycles. The Hall–Kier alpha value is -2.96. The molecular formula is C28H36N2O8S2. The topological polar surface area (TPSA) is 127 Å². The second-order valence-corrected chi connectivity index (χ2v) is 15.5. The molecule has 0 N–H and O–H groups in total. The Morgan fingerprint density at radius 1 is 0.925 bits per heavy atom. The normalized spacial score (nSPS) is 19.6. The number of ether oxygens (including phenoxy) is 2. The lowest BCUT2D eigenvalue weighted by atomic mass is 9.76. The van der Waals surface area contributed by atoms with E-state index in [2.05, 4.69) is 0 Å². The van der Waals surface area contributed by atoms with Gasteiger partial charge in [0, 0.05) is 19.5 Å². The molecule has 2 aliphatic heterocycles. The molecule has 2 aromatic carbocycles. The highest BCUT2D eigenvalue weighted by Crippen LogP contribution is 2.44. The van der Waals surface area contributed by atoms with E-state index in [1.165, 1.54) is 29.2 Å². The maximum absolute atomic E-state index is 13.7. The van der Waals surface area contributed by atoms with Crippen LogP contribution in [0.1, 0.15) is 51.2 Å². The molecule has 1 spiro atoms. The maximum atomic E-state index is 13.7. The number of piperidine rings is 1. The SMILES string of the molecule is Cc1ccc(S(=O)(=O)N(C[C@@H]2CC3(CCN(C(=O)OC(C)(C)C)CC3)C(=O)O2)S(=O)(=O)c2ccc(C)cc2)cc1. The molecule has 2 aromatic rings. The van der Waals surface area contributed by atoms with Crippen LogP contribution in [0.2, 0.25) is 0 Å². The van der Waals surface area contributed by atoms with Gasteiger partial charge < -0.3 is 14.4 Å². The van der Waals surface area contributed by atoms with Crippen LogP contribution in [0.3, 0.4) is 0 Å². The summed E-state index contributed by atoms with van der Waals surface area (Å²) in [6, 6.07) is 11.8. The molecule has 2 heterocycles. The van der Waals surface area contributed by atoms with Crippen LogP contribution in [0.4, 0.5) is 4.79 Å². The fraction of sp³-hybridized carbons (Fsp3) is 0.500. The fourth-order valence-corrected chi connectivity index (χ4v) is 8.64. The zero-order chi connectivity index (χ0) is 29.5. The Labute approximate surface area is 236 Å². The minimum atomic E-state index is -4.53. The highest BCUT2D eigenvalue weighted by atomic mass is 32.3. The maximum Gasteiger partial charge on any atom is 0.410 e. The molecule has 40 heavy (non-hydrogen) atoms. The lowest BCUT2D eigenvalue weighted by molar-refractivity contribution is -0.150. The van der Waals surface area contributed by atoms with Gasteiger partial charge in [0.15, 0.2) is 0 Å². The largest absolute Gasteiger partial charge is 0.460 e. The van der Waals surface area contributed by atoms with Crippen LogP contribution in [0, 0.1) is 19.3 Å². The van der Waals surface area contributed by atoms with E-state index in [9.17, 15) is 26.4 Å². The number of carbonyl (C=O) groups excluding carboxylic acids is 2. The predicted octanol–water partition coefficient (Wildman–Crippen LogP) is 4.02. The zero-order valence-corrected chi connectivity index (χ0v) is 25.0.